The van der Waals surface area contributed by atoms with Crippen molar-refractivity contribution in [2.24, 2.45) is 5.92 Å². The fraction of sp³-hybridized carbons (Fsp3) is 0.263. The molecule has 26 heavy (non-hydrogen) atoms. The van der Waals surface area contributed by atoms with E-state index < -0.39 is 11.9 Å². The number of nitrogens with zero attached hydrogens (tertiary/aromatic N) is 2. The number of aromatic nitrogens is 1. The molecular weight excluding hydrogens is 334 g/mol. The Morgan fingerprint density at radius 2 is 2.04 bits per heavy atom. The van der Waals surface area contributed by atoms with Gasteiger partial charge in [-0.05, 0) is 35.9 Å². The number of amides is 2. The van der Waals surface area contributed by atoms with Gasteiger partial charge in [-0.2, -0.15) is 0 Å². The highest BCUT2D eigenvalue weighted by Gasteiger charge is 2.35. The van der Waals surface area contributed by atoms with Crippen LogP contribution >= 0.6 is 0 Å². The Morgan fingerprint density at radius 3 is 2.69 bits per heavy atom. The van der Waals surface area contributed by atoms with Crippen LogP contribution in [-0.4, -0.2) is 36.4 Å². The molecule has 1 atom stereocenters. The molecule has 1 N–H and O–H groups in total. The summed E-state index contributed by atoms with van der Waals surface area (Å²) in [6, 6.07) is 10.2. The molecule has 1 aliphatic heterocycles. The van der Waals surface area contributed by atoms with E-state index in [4.69, 9.17) is 0 Å². The Kier molecular flexibility index (Phi) is 5.26. The van der Waals surface area contributed by atoms with Crippen molar-refractivity contribution in [3.05, 3.63) is 59.9 Å². The van der Waals surface area contributed by atoms with Gasteiger partial charge in [-0.1, -0.05) is 6.07 Å². The number of rotatable bonds is 5. The Balaban J connectivity index is 1.61. The topological polar surface area (TPSA) is 88.6 Å². The van der Waals surface area contributed by atoms with Gasteiger partial charge in [0.15, 0.2) is 0 Å². The summed E-state index contributed by atoms with van der Waals surface area (Å²) in [7, 11) is 1.31. The van der Waals surface area contributed by atoms with Gasteiger partial charge in [-0.15, -0.1) is 0 Å². The van der Waals surface area contributed by atoms with Crippen LogP contribution in [0.1, 0.15) is 22.3 Å². The second-order valence-electron chi connectivity index (χ2n) is 6.02. The molecule has 1 aliphatic rings. The molecule has 0 bridgehead atoms. The molecule has 1 aromatic carbocycles. The average molecular weight is 353 g/mol. The van der Waals surface area contributed by atoms with Crippen LogP contribution in [-0.2, 0) is 20.9 Å². The first-order valence-corrected chi connectivity index (χ1v) is 8.24. The molecule has 7 heteroatoms. The molecule has 0 radical (unpaired) electrons. The van der Waals surface area contributed by atoms with E-state index in [-0.39, 0.29) is 18.2 Å². The van der Waals surface area contributed by atoms with Crippen LogP contribution in [0.2, 0.25) is 0 Å². The maximum Gasteiger partial charge on any atom is 0.337 e. The third-order valence-electron chi connectivity index (χ3n) is 4.29. The second kappa shape index (κ2) is 7.77. The number of nitrogens with one attached hydrogen (secondary N) is 1. The highest BCUT2D eigenvalue weighted by molar-refractivity contribution is 6.00. The Hall–Kier alpha value is -3.22. The summed E-state index contributed by atoms with van der Waals surface area (Å²) in [6.45, 7) is 0.695. The molecular formula is C19H19N3O4. The molecule has 1 aromatic heterocycles. The molecule has 2 aromatic rings. The predicted octanol–water partition coefficient (Wildman–Crippen LogP) is 1.54. The largest absolute Gasteiger partial charge is 0.465 e. The SMILES string of the molecule is COC(=O)c1ccc(N2CC(C(=O)NCc3cccnc3)CC2=O)cc1. The van der Waals surface area contributed by atoms with E-state index in [1.165, 1.54) is 7.11 Å². The monoisotopic (exact) mass is 353 g/mol. The Labute approximate surface area is 151 Å². The number of carbonyl (C=O) groups is 3. The van der Waals surface area contributed by atoms with Crippen LogP contribution in [0.15, 0.2) is 48.8 Å². The highest BCUT2D eigenvalue weighted by Crippen LogP contribution is 2.25. The lowest BCUT2D eigenvalue weighted by Gasteiger charge is -2.17. The van der Waals surface area contributed by atoms with Crippen molar-refractivity contribution in [1.82, 2.24) is 10.3 Å². The summed E-state index contributed by atoms with van der Waals surface area (Å²) in [6.07, 6.45) is 3.52. The van der Waals surface area contributed by atoms with Crippen molar-refractivity contribution in [1.29, 1.82) is 0 Å². The van der Waals surface area contributed by atoms with Crippen LogP contribution < -0.4 is 10.2 Å². The lowest BCUT2D eigenvalue weighted by Crippen LogP contribution is -2.32. The van der Waals surface area contributed by atoms with Crippen molar-refractivity contribution in [2.45, 2.75) is 13.0 Å². The van der Waals surface area contributed by atoms with Crippen LogP contribution in [0, 0.1) is 5.92 Å². The molecule has 1 unspecified atom stereocenters. The lowest BCUT2D eigenvalue weighted by atomic mass is 10.1. The molecule has 1 fully saturated rings. The van der Waals surface area contributed by atoms with Gasteiger partial charge in [0, 0.05) is 37.6 Å². The van der Waals surface area contributed by atoms with E-state index in [1.54, 1.807) is 47.6 Å². The number of ether oxygens (including phenoxy) is 1. The van der Waals surface area contributed by atoms with Crippen molar-refractivity contribution in [3.63, 3.8) is 0 Å². The molecule has 2 amide bonds. The first-order valence-electron chi connectivity index (χ1n) is 8.24. The molecule has 134 valence electrons. The quantitative estimate of drug-likeness (QED) is 0.824. The van der Waals surface area contributed by atoms with Gasteiger partial charge in [0.2, 0.25) is 11.8 Å². The van der Waals surface area contributed by atoms with E-state index in [9.17, 15) is 14.4 Å². The highest BCUT2D eigenvalue weighted by atomic mass is 16.5. The van der Waals surface area contributed by atoms with Crippen molar-refractivity contribution >= 4 is 23.5 Å². The molecule has 0 spiro atoms. The minimum absolute atomic E-state index is 0.114. The molecule has 2 heterocycles. The summed E-state index contributed by atoms with van der Waals surface area (Å²) in [5.74, 6) is -1.11. The van der Waals surface area contributed by atoms with Gasteiger partial charge in [0.25, 0.3) is 0 Å². The smallest absolute Gasteiger partial charge is 0.337 e. The fourth-order valence-electron chi connectivity index (χ4n) is 2.86. The predicted molar refractivity (Wildman–Crippen MR) is 94.3 cm³/mol. The third-order valence-corrected chi connectivity index (χ3v) is 4.29. The van der Waals surface area contributed by atoms with Crippen LogP contribution in [0.4, 0.5) is 5.69 Å². The molecule has 0 aliphatic carbocycles. The van der Waals surface area contributed by atoms with Gasteiger partial charge in [-0.25, -0.2) is 4.79 Å². The Morgan fingerprint density at radius 1 is 1.27 bits per heavy atom. The molecule has 0 saturated carbocycles. The van der Waals surface area contributed by atoms with Gasteiger partial charge in [0.05, 0.1) is 18.6 Å². The van der Waals surface area contributed by atoms with Crippen molar-refractivity contribution in [2.75, 3.05) is 18.6 Å². The number of hydrogen-bond donors (Lipinski definition) is 1. The van der Waals surface area contributed by atoms with Gasteiger partial charge >= 0.3 is 5.97 Å². The fourth-order valence-corrected chi connectivity index (χ4v) is 2.86. The van der Waals surface area contributed by atoms with Crippen LogP contribution in [0.25, 0.3) is 0 Å². The molecule has 1 saturated heterocycles. The maximum absolute atomic E-state index is 12.4. The number of pyridine rings is 1. The Bertz CT molecular complexity index is 805. The molecule has 7 nitrogen and oxygen atoms in total. The second-order valence-corrected chi connectivity index (χ2v) is 6.02. The number of esters is 1. The van der Waals surface area contributed by atoms with Crippen molar-refractivity contribution < 1.29 is 19.1 Å². The zero-order chi connectivity index (χ0) is 18.5. The first kappa shape index (κ1) is 17.6. The zero-order valence-corrected chi connectivity index (χ0v) is 14.3. The maximum atomic E-state index is 12.4. The first-order chi connectivity index (χ1) is 12.6. The number of methoxy groups -OCH3 is 1. The normalized spacial score (nSPS) is 16.4. The minimum atomic E-state index is -0.433. The summed E-state index contributed by atoms with van der Waals surface area (Å²) >= 11 is 0. The zero-order valence-electron chi connectivity index (χ0n) is 14.3. The molecule has 3 rings (SSSR count). The van der Waals surface area contributed by atoms with E-state index in [1.807, 2.05) is 6.07 Å². The van der Waals surface area contributed by atoms with E-state index >= 15 is 0 Å². The van der Waals surface area contributed by atoms with E-state index in [2.05, 4.69) is 15.0 Å². The number of hydrogen-bond acceptors (Lipinski definition) is 5. The summed E-state index contributed by atoms with van der Waals surface area (Å²) in [4.78, 5) is 41.7. The van der Waals surface area contributed by atoms with E-state index in [0.717, 1.165) is 5.56 Å². The van der Waals surface area contributed by atoms with Crippen LogP contribution in [0.5, 0.6) is 0 Å². The number of benzene rings is 1. The van der Waals surface area contributed by atoms with E-state index in [0.29, 0.717) is 24.3 Å². The lowest BCUT2D eigenvalue weighted by molar-refractivity contribution is -0.126. The van der Waals surface area contributed by atoms with Gasteiger partial charge in [-0.3, -0.25) is 14.6 Å². The average Bonchev–Trinajstić information content (AvgIpc) is 3.08. The standard InChI is InChI=1S/C19H19N3O4/c1-26-19(25)14-4-6-16(7-5-14)22-12-15(9-17(22)23)18(24)21-11-13-3-2-8-20-10-13/h2-8,10,15H,9,11-12H2,1H3,(H,21,24). The number of anilines is 1. The van der Waals surface area contributed by atoms with Gasteiger partial charge < -0.3 is 15.0 Å². The van der Waals surface area contributed by atoms with Crippen LogP contribution in [0.3, 0.4) is 0 Å². The van der Waals surface area contributed by atoms with Gasteiger partial charge in [0.1, 0.15) is 0 Å². The third kappa shape index (κ3) is 3.88. The number of carbonyl (C=O) groups excluding carboxylic acids is 3. The summed E-state index contributed by atoms with van der Waals surface area (Å²) in [5.41, 5.74) is 1.97. The van der Waals surface area contributed by atoms with Crippen molar-refractivity contribution in [3.8, 4) is 0 Å². The summed E-state index contributed by atoms with van der Waals surface area (Å²) in [5, 5.41) is 2.85. The summed E-state index contributed by atoms with van der Waals surface area (Å²) < 4.78 is 4.66. The minimum Gasteiger partial charge on any atom is -0.465 e.